The Hall–Kier alpha value is -1.76. The van der Waals surface area contributed by atoms with Crippen LogP contribution in [0.3, 0.4) is 0 Å². The summed E-state index contributed by atoms with van der Waals surface area (Å²) in [5.41, 5.74) is 0.721. The highest BCUT2D eigenvalue weighted by Gasteiger charge is 2.17. The molecule has 0 atom stereocenters. The van der Waals surface area contributed by atoms with Crippen molar-refractivity contribution in [1.82, 2.24) is 20.1 Å². The van der Waals surface area contributed by atoms with Gasteiger partial charge in [-0.3, -0.25) is 9.36 Å². The molecule has 0 saturated heterocycles. The first-order valence-electron chi connectivity index (χ1n) is 7.06. The molecule has 0 aliphatic carbocycles. The Bertz CT molecular complexity index is 761. The van der Waals surface area contributed by atoms with Crippen molar-refractivity contribution in [3.05, 3.63) is 53.6 Å². The van der Waals surface area contributed by atoms with Crippen molar-refractivity contribution in [3.63, 3.8) is 0 Å². The summed E-state index contributed by atoms with van der Waals surface area (Å²) in [6.45, 7) is 8.25. The third kappa shape index (κ3) is 4.63. The Morgan fingerprint density at radius 1 is 1.29 bits per heavy atom. The van der Waals surface area contributed by atoms with Crippen LogP contribution in [0.4, 0.5) is 0 Å². The number of carbonyl (C=O) groups is 1. The molecule has 8 heteroatoms. The van der Waals surface area contributed by atoms with Crippen LogP contribution in [-0.4, -0.2) is 33.0 Å². The molecular formula is C16H16Cl2N4OS. The van der Waals surface area contributed by atoms with Gasteiger partial charge in [-0.1, -0.05) is 47.1 Å². The van der Waals surface area contributed by atoms with Crippen LogP contribution >= 0.6 is 35.0 Å². The van der Waals surface area contributed by atoms with E-state index in [-0.39, 0.29) is 11.7 Å². The number of benzene rings is 1. The lowest BCUT2D eigenvalue weighted by Crippen LogP contribution is -2.25. The summed E-state index contributed by atoms with van der Waals surface area (Å²) >= 11 is 13.5. The lowest BCUT2D eigenvalue weighted by atomic mass is 10.2. The maximum absolute atomic E-state index is 11.7. The molecule has 24 heavy (non-hydrogen) atoms. The highest BCUT2D eigenvalue weighted by Crippen LogP contribution is 2.31. The number of rotatable bonds is 8. The number of nitrogens with one attached hydrogen (secondary N) is 1. The van der Waals surface area contributed by atoms with E-state index in [0.717, 1.165) is 5.56 Å². The maximum Gasteiger partial charge on any atom is 0.230 e. The molecule has 0 bridgehead atoms. The number of amides is 1. The molecule has 1 aromatic heterocycles. The summed E-state index contributed by atoms with van der Waals surface area (Å²) in [6, 6.07) is 5.19. The normalized spacial score (nSPS) is 10.4. The Morgan fingerprint density at radius 3 is 2.75 bits per heavy atom. The zero-order valence-corrected chi connectivity index (χ0v) is 15.2. The molecule has 126 valence electrons. The van der Waals surface area contributed by atoms with Crippen molar-refractivity contribution >= 4 is 40.9 Å². The summed E-state index contributed by atoms with van der Waals surface area (Å²) in [5.74, 6) is 0.738. The van der Waals surface area contributed by atoms with Gasteiger partial charge in [-0.05, 0) is 18.2 Å². The number of thioether (sulfide) groups is 1. The van der Waals surface area contributed by atoms with Gasteiger partial charge in [0.15, 0.2) is 11.0 Å². The summed E-state index contributed by atoms with van der Waals surface area (Å²) in [7, 11) is 0. The minimum atomic E-state index is -0.0980. The van der Waals surface area contributed by atoms with E-state index in [1.807, 2.05) is 4.57 Å². The lowest BCUT2D eigenvalue weighted by molar-refractivity contribution is -0.118. The standard InChI is InChI=1S/C16H16Cl2N4OS/c1-3-7-19-14(23)10-24-16-21-20-15(22(16)8-4-2)12-6-5-11(17)9-13(12)18/h3-6,9H,1-2,7-8,10H2,(H,19,23). The highest BCUT2D eigenvalue weighted by atomic mass is 35.5. The lowest BCUT2D eigenvalue weighted by Gasteiger charge is -2.09. The predicted octanol–water partition coefficient (Wildman–Crippen LogP) is 3.83. The number of nitrogens with zero attached hydrogens (tertiary/aromatic N) is 3. The monoisotopic (exact) mass is 382 g/mol. The van der Waals surface area contributed by atoms with Crippen LogP contribution in [-0.2, 0) is 11.3 Å². The molecule has 1 amide bonds. The first kappa shape index (κ1) is 18.6. The Kier molecular flexibility index (Phi) is 6.90. The molecule has 2 rings (SSSR count). The minimum absolute atomic E-state index is 0.0980. The SMILES string of the molecule is C=CCNC(=O)CSc1nnc(-c2ccc(Cl)cc2Cl)n1CC=C. The second-order valence-electron chi connectivity index (χ2n) is 4.71. The van der Waals surface area contributed by atoms with E-state index >= 15 is 0 Å². The van der Waals surface area contributed by atoms with Gasteiger partial charge in [0.25, 0.3) is 0 Å². The first-order valence-corrected chi connectivity index (χ1v) is 8.81. The van der Waals surface area contributed by atoms with Crippen molar-refractivity contribution in [2.24, 2.45) is 0 Å². The molecule has 0 aliphatic rings. The number of hydrogen-bond donors (Lipinski definition) is 1. The summed E-state index contributed by atoms with van der Waals surface area (Å²) in [4.78, 5) is 11.7. The molecule has 0 spiro atoms. The van der Waals surface area contributed by atoms with Gasteiger partial charge in [-0.25, -0.2) is 0 Å². The summed E-state index contributed by atoms with van der Waals surface area (Å²) in [5, 5.41) is 12.7. The quantitative estimate of drug-likeness (QED) is 0.556. The van der Waals surface area contributed by atoms with Crippen LogP contribution in [0.15, 0.2) is 48.7 Å². The van der Waals surface area contributed by atoms with Gasteiger partial charge in [-0.15, -0.1) is 23.4 Å². The van der Waals surface area contributed by atoms with Crippen LogP contribution < -0.4 is 5.32 Å². The fourth-order valence-corrected chi connectivity index (χ4v) is 3.20. The van der Waals surface area contributed by atoms with E-state index in [1.54, 1.807) is 30.4 Å². The zero-order valence-electron chi connectivity index (χ0n) is 12.8. The van der Waals surface area contributed by atoms with Crippen molar-refractivity contribution in [2.75, 3.05) is 12.3 Å². The maximum atomic E-state index is 11.7. The van der Waals surface area contributed by atoms with Crippen LogP contribution in [0.2, 0.25) is 10.0 Å². The van der Waals surface area contributed by atoms with Gasteiger partial charge in [0.05, 0.1) is 10.8 Å². The van der Waals surface area contributed by atoms with E-state index in [4.69, 9.17) is 23.2 Å². The molecule has 1 N–H and O–H groups in total. The number of allylic oxidation sites excluding steroid dienone is 1. The molecular weight excluding hydrogens is 367 g/mol. The van der Waals surface area contributed by atoms with E-state index < -0.39 is 0 Å². The third-order valence-corrected chi connectivity index (χ3v) is 4.49. The van der Waals surface area contributed by atoms with Crippen LogP contribution in [0.5, 0.6) is 0 Å². The van der Waals surface area contributed by atoms with Crippen molar-refractivity contribution < 1.29 is 4.79 Å². The van der Waals surface area contributed by atoms with Crippen molar-refractivity contribution in [2.45, 2.75) is 11.7 Å². The topological polar surface area (TPSA) is 59.8 Å². The fraction of sp³-hybridized carbons (Fsp3) is 0.188. The van der Waals surface area contributed by atoms with Crippen LogP contribution in [0.1, 0.15) is 0 Å². The fourth-order valence-electron chi connectivity index (χ4n) is 1.93. The van der Waals surface area contributed by atoms with E-state index in [2.05, 4.69) is 28.7 Å². The molecule has 0 aliphatic heterocycles. The third-order valence-electron chi connectivity index (χ3n) is 2.98. The molecule has 5 nitrogen and oxygen atoms in total. The van der Waals surface area contributed by atoms with Crippen molar-refractivity contribution in [1.29, 1.82) is 0 Å². The number of hydrogen-bond acceptors (Lipinski definition) is 4. The Balaban J connectivity index is 2.24. The van der Waals surface area contributed by atoms with Gasteiger partial charge in [0.2, 0.25) is 5.91 Å². The zero-order chi connectivity index (χ0) is 17.5. The van der Waals surface area contributed by atoms with Gasteiger partial charge >= 0.3 is 0 Å². The molecule has 0 unspecified atom stereocenters. The molecule has 0 fully saturated rings. The van der Waals surface area contributed by atoms with Gasteiger partial charge < -0.3 is 5.32 Å². The van der Waals surface area contributed by atoms with Gasteiger partial charge in [0.1, 0.15) is 0 Å². The second-order valence-corrected chi connectivity index (χ2v) is 6.50. The van der Waals surface area contributed by atoms with E-state index in [9.17, 15) is 4.79 Å². The first-order chi connectivity index (χ1) is 11.6. The molecule has 2 aromatic rings. The van der Waals surface area contributed by atoms with Crippen LogP contribution in [0, 0.1) is 0 Å². The number of halogens is 2. The highest BCUT2D eigenvalue weighted by molar-refractivity contribution is 7.99. The average molecular weight is 383 g/mol. The predicted molar refractivity (Wildman–Crippen MR) is 99.6 cm³/mol. The molecule has 0 radical (unpaired) electrons. The second kappa shape index (κ2) is 8.92. The number of carbonyl (C=O) groups excluding carboxylic acids is 1. The number of aromatic nitrogens is 3. The average Bonchev–Trinajstić information content (AvgIpc) is 2.94. The van der Waals surface area contributed by atoms with E-state index in [1.165, 1.54) is 11.8 Å². The Morgan fingerprint density at radius 2 is 2.08 bits per heavy atom. The summed E-state index contributed by atoms with van der Waals surface area (Å²) < 4.78 is 1.85. The minimum Gasteiger partial charge on any atom is -0.352 e. The largest absolute Gasteiger partial charge is 0.352 e. The Labute approximate surface area is 154 Å². The molecule has 1 heterocycles. The van der Waals surface area contributed by atoms with Crippen LogP contribution in [0.25, 0.3) is 11.4 Å². The molecule has 0 saturated carbocycles. The smallest absolute Gasteiger partial charge is 0.230 e. The van der Waals surface area contributed by atoms with Gasteiger partial charge in [-0.2, -0.15) is 0 Å². The molecule has 1 aromatic carbocycles. The summed E-state index contributed by atoms with van der Waals surface area (Å²) in [6.07, 6.45) is 3.36. The van der Waals surface area contributed by atoms with Gasteiger partial charge in [0, 0.05) is 23.7 Å². The van der Waals surface area contributed by atoms with E-state index in [0.29, 0.717) is 34.1 Å². The van der Waals surface area contributed by atoms with Crippen molar-refractivity contribution in [3.8, 4) is 11.4 Å².